The van der Waals surface area contributed by atoms with Gasteiger partial charge in [-0.2, -0.15) is 15.2 Å². The standard InChI is InChI=1S/C9H7FN4O/c10-6-3-1-2-4-8(6)14-9(15)7(13-11)5-12-14/h1-5H,11H2/b13-7+. The van der Waals surface area contributed by atoms with Crippen LogP contribution in [0.25, 0.3) is 0 Å². The second-order valence-electron chi connectivity index (χ2n) is 2.83. The van der Waals surface area contributed by atoms with Crippen LogP contribution in [-0.4, -0.2) is 17.8 Å². The van der Waals surface area contributed by atoms with Crippen molar-refractivity contribution < 1.29 is 9.18 Å². The monoisotopic (exact) mass is 206 g/mol. The van der Waals surface area contributed by atoms with E-state index < -0.39 is 11.7 Å². The van der Waals surface area contributed by atoms with Gasteiger partial charge in [-0.05, 0) is 12.1 Å². The molecule has 1 aromatic rings. The Bertz CT molecular complexity index is 469. The van der Waals surface area contributed by atoms with E-state index in [1.807, 2.05) is 0 Å². The van der Waals surface area contributed by atoms with Gasteiger partial charge in [0.2, 0.25) is 0 Å². The Morgan fingerprint density at radius 2 is 2.13 bits per heavy atom. The van der Waals surface area contributed by atoms with Crippen molar-refractivity contribution >= 4 is 23.5 Å². The van der Waals surface area contributed by atoms with Crippen LogP contribution in [0.1, 0.15) is 0 Å². The Morgan fingerprint density at radius 1 is 1.40 bits per heavy atom. The summed E-state index contributed by atoms with van der Waals surface area (Å²) in [6.07, 6.45) is 1.19. The first kappa shape index (κ1) is 9.32. The van der Waals surface area contributed by atoms with Gasteiger partial charge in [-0.15, -0.1) is 0 Å². The second kappa shape index (κ2) is 3.49. The first-order valence-corrected chi connectivity index (χ1v) is 4.15. The molecule has 6 heteroatoms. The molecule has 2 N–H and O–H groups in total. The molecule has 15 heavy (non-hydrogen) atoms. The van der Waals surface area contributed by atoms with Crippen LogP contribution >= 0.6 is 0 Å². The molecule has 5 nitrogen and oxygen atoms in total. The predicted octanol–water partition coefficient (Wildman–Crippen LogP) is 0.473. The minimum Gasteiger partial charge on any atom is -0.322 e. The number of nitrogens with two attached hydrogens (primary N) is 1. The van der Waals surface area contributed by atoms with Gasteiger partial charge in [0.1, 0.15) is 11.5 Å². The third-order valence-corrected chi connectivity index (χ3v) is 1.93. The number of amides is 1. The van der Waals surface area contributed by atoms with Gasteiger partial charge in [-0.25, -0.2) is 4.39 Å². The zero-order chi connectivity index (χ0) is 10.8. The lowest BCUT2D eigenvalue weighted by atomic mass is 10.3. The lowest BCUT2D eigenvalue weighted by molar-refractivity contribution is -0.112. The molecule has 0 spiro atoms. The number of halogens is 1. The Labute approximate surface area is 84.7 Å². The zero-order valence-corrected chi connectivity index (χ0v) is 7.59. The van der Waals surface area contributed by atoms with Gasteiger partial charge in [-0.1, -0.05) is 12.1 Å². The Morgan fingerprint density at radius 3 is 2.73 bits per heavy atom. The Hall–Kier alpha value is -2.24. The van der Waals surface area contributed by atoms with Crippen LogP contribution in [0.4, 0.5) is 10.1 Å². The first-order valence-electron chi connectivity index (χ1n) is 4.15. The van der Waals surface area contributed by atoms with E-state index >= 15 is 0 Å². The molecule has 1 amide bonds. The third-order valence-electron chi connectivity index (χ3n) is 1.93. The van der Waals surface area contributed by atoms with Gasteiger partial charge >= 0.3 is 5.91 Å². The lowest BCUT2D eigenvalue weighted by Crippen LogP contribution is -2.27. The maximum absolute atomic E-state index is 13.3. The van der Waals surface area contributed by atoms with Crippen LogP contribution in [-0.2, 0) is 4.79 Å². The summed E-state index contributed by atoms with van der Waals surface area (Å²) in [5.41, 5.74) is 0.0793. The normalized spacial score (nSPS) is 17.8. The number of benzene rings is 1. The number of para-hydroxylation sites is 1. The second-order valence-corrected chi connectivity index (χ2v) is 2.83. The van der Waals surface area contributed by atoms with Gasteiger partial charge in [0.15, 0.2) is 5.71 Å². The van der Waals surface area contributed by atoms with Crippen molar-refractivity contribution in [2.75, 3.05) is 5.01 Å². The fourth-order valence-electron chi connectivity index (χ4n) is 1.21. The van der Waals surface area contributed by atoms with Crippen molar-refractivity contribution in [3.05, 3.63) is 30.1 Å². The maximum atomic E-state index is 13.3. The van der Waals surface area contributed by atoms with Crippen molar-refractivity contribution in [1.29, 1.82) is 0 Å². The summed E-state index contributed by atoms with van der Waals surface area (Å²) in [6.45, 7) is 0. The molecular formula is C9H7FN4O. The molecule has 0 bridgehead atoms. The van der Waals surface area contributed by atoms with E-state index in [-0.39, 0.29) is 11.4 Å². The molecule has 0 saturated heterocycles. The number of hydrogen-bond acceptors (Lipinski definition) is 4. The zero-order valence-electron chi connectivity index (χ0n) is 7.59. The minimum absolute atomic E-state index is 0.00162. The van der Waals surface area contributed by atoms with E-state index in [1.165, 1.54) is 24.4 Å². The van der Waals surface area contributed by atoms with Gasteiger partial charge in [0.25, 0.3) is 0 Å². The van der Waals surface area contributed by atoms with E-state index in [0.717, 1.165) is 5.01 Å². The number of carbonyl (C=O) groups excluding carboxylic acids is 1. The number of anilines is 1. The molecule has 1 aliphatic heterocycles. The highest BCUT2D eigenvalue weighted by atomic mass is 19.1. The van der Waals surface area contributed by atoms with E-state index in [1.54, 1.807) is 6.07 Å². The molecule has 0 saturated carbocycles. The molecular weight excluding hydrogens is 199 g/mol. The molecule has 2 rings (SSSR count). The first-order chi connectivity index (χ1) is 7.24. The molecule has 1 aliphatic rings. The Kier molecular flexibility index (Phi) is 2.17. The quantitative estimate of drug-likeness (QED) is 0.536. The van der Waals surface area contributed by atoms with Crippen molar-refractivity contribution in [3.8, 4) is 0 Å². The van der Waals surface area contributed by atoms with Gasteiger partial charge < -0.3 is 5.84 Å². The van der Waals surface area contributed by atoms with Crippen molar-refractivity contribution in [2.24, 2.45) is 16.0 Å². The van der Waals surface area contributed by atoms with Crippen LogP contribution in [0.5, 0.6) is 0 Å². The summed E-state index contributed by atoms with van der Waals surface area (Å²) in [5, 5.41) is 7.85. The summed E-state index contributed by atoms with van der Waals surface area (Å²) in [4.78, 5) is 11.5. The minimum atomic E-state index is -0.539. The van der Waals surface area contributed by atoms with E-state index in [0.29, 0.717) is 0 Å². The van der Waals surface area contributed by atoms with Crippen LogP contribution in [0.2, 0.25) is 0 Å². The van der Waals surface area contributed by atoms with Gasteiger partial charge in [0.05, 0.1) is 6.21 Å². The molecule has 0 aliphatic carbocycles. The SMILES string of the molecule is N/N=C1\C=NN(c2ccccc2F)C1=O. The largest absolute Gasteiger partial charge is 0.322 e. The van der Waals surface area contributed by atoms with Gasteiger partial charge in [0, 0.05) is 0 Å². The van der Waals surface area contributed by atoms with Gasteiger partial charge in [-0.3, -0.25) is 4.79 Å². The summed E-state index contributed by atoms with van der Waals surface area (Å²) in [5.74, 6) is 3.89. The van der Waals surface area contributed by atoms with Crippen molar-refractivity contribution in [2.45, 2.75) is 0 Å². The van der Waals surface area contributed by atoms with Crippen molar-refractivity contribution in [3.63, 3.8) is 0 Å². The highest BCUT2D eigenvalue weighted by molar-refractivity contribution is 6.65. The van der Waals surface area contributed by atoms with E-state index in [9.17, 15) is 9.18 Å². The third kappa shape index (κ3) is 1.45. The highest BCUT2D eigenvalue weighted by Gasteiger charge is 2.27. The van der Waals surface area contributed by atoms with Crippen LogP contribution in [0, 0.1) is 5.82 Å². The summed E-state index contributed by atoms with van der Waals surface area (Å²) in [6, 6.07) is 5.83. The summed E-state index contributed by atoms with van der Waals surface area (Å²) in [7, 11) is 0. The number of hydrazone groups is 2. The topological polar surface area (TPSA) is 71.0 Å². The van der Waals surface area contributed by atoms with Crippen LogP contribution in [0.3, 0.4) is 0 Å². The fourth-order valence-corrected chi connectivity index (χ4v) is 1.21. The molecule has 0 unspecified atom stereocenters. The van der Waals surface area contributed by atoms with Crippen molar-refractivity contribution in [1.82, 2.24) is 0 Å². The highest BCUT2D eigenvalue weighted by Crippen LogP contribution is 2.20. The predicted molar refractivity (Wildman–Crippen MR) is 54.0 cm³/mol. The molecule has 76 valence electrons. The summed E-state index contributed by atoms with van der Waals surface area (Å²) < 4.78 is 13.3. The smallest absolute Gasteiger partial charge is 0.300 e. The van der Waals surface area contributed by atoms with Crippen LogP contribution in [0.15, 0.2) is 34.5 Å². The van der Waals surface area contributed by atoms with E-state index in [2.05, 4.69) is 10.2 Å². The number of nitrogens with zero attached hydrogens (tertiary/aromatic N) is 3. The molecule has 0 radical (unpaired) electrons. The van der Waals surface area contributed by atoms with E-state index in [4.69, 9.17) is 5.84 Å². The lowest BCUT2D eigenvalue weighted by Gasteiger charge is -2.11. The molecule has 0 aromatic heterocycles. The molecule has 1 aromatic carbocycles. The maximum Gasteiger partial charge on any atom is 0.300 e. The number of carbonyl (C=O) groups is 1. The van der Waals surface area contributed by atoms with Crippen LogP contribution < -0.4 is 10.9 Å². The fraction of sp³-hybridized carbons (Fsp3) is 0. The Balaban J connectivity index is 2.40. The summed E-state index contributed by atoms with van der Waals surface area (Å²) >= 11 is 0. The number of rotatable bonds is 1. The molecule has 0 atom stereocenters. The average molecular weight is 206 g/mol. The average Bonchev–Trinajstić information content (AvgIpc) is 2.60. The number of hydrogen-bond donors (Lipinski definition) is 1. The molecule has 1 heterocycles. The molecule has 0 fully saturated rings.